The molecule has 0 spiro atoms. The molecule has 0 fully saturated rings. The normalized spacial score (nSPS) is 15.9. The van der Waals surface area contributed by atoms with Gasteiger partial charge in [-0.25, -0.2) is 0 Å². The molecule has 0 aromatic carbocycles. The zero-order valence-corrected chi connectivity index (χ0v) is 10.1. The van der Waals surface area contributed by atoms with Gasteiger partial charge in [0.15, 0.2) is 0 Å². The molecule has 0 aliphatic heterocycles. The van der Waals surface area contributed by atoms with Crippen molar-refractivity contribution in [2.45, 2.75) is 32.7 Å². The van der Waals surface area contributed by atoms with Crippen LogP contribution in [0.15, 0.2) is 0 Å². The molecule has 0 bridgehead atoms. The standard InChI is InChI=1S/C11H26N2O/c1-5-11(8-12)6-7-13(3)10(2)9-14-4/h10-11H,5-9,12H2,1-4H3. The first kappa shape index (κ1) is 13.9. The highest BCUT2D eigenvalue weighted by Crippen LogP contribution is 2.08. The first-order chi connectivity index (χ1) is 6.65. The van der Waals surface area contributed by atoms with E-state index < -0.39 is 0 Å². The van der Waals surface area contributed by atoms with Crippen molar-refractivity contribution in [2.75, 3.05) is 33.9 Å². The molecular formula is C11H26N2O. The van der Waals surface area contributed by atoms with E-state index in [0.717, 1.165) is 19.7 Å². The highest BCUT2D eigenvalue weighted by Gasteiger charge is 2.10. The van der Waals surface area contributed by atoms with E-state index in [1.807, 2.05) is 0 Å². The van der Waals surface area contributed by atoms with E-state index in [9.17, 15) is 0 Å². The highest BCUT2D eigenvalue weighted by molar-refractivity contribution is 4.65. The van der Waals surface area contributed by atoms with Gasteiger partial charge < -0.3 is 15.4 Å². The van der Waals surface area contributed by atoms with Gasteiger partial charge in [0, 0.05) is 13.2 Å². The molecule has 0 aliphatic rings. The van der Waals surface area contributed by atoms with E-state index in [-0.39, 0.29) is 0 Å². The van der Waals surface area contributed by atoms with Crippen LogP contribution >= 0.6 is 0 Å². The quantitative estimate of drug-likeness (QED) is 0.645. The molecule has 0 radical (unpaired) electrons. The molecule has 0 rings (SSSR count). The Hall–Kier alpha value is -0.120. The van der Waals surface area contributed by atoms with Gasteiger partial charge in [-0.05, 0) is 39.4 Å². The number of nitrogens with zero attached hydrogens (tertiary/aromatic N) is 1. The zero-order chi connectivity index (χ0) is 11.0. The lowest BCUT2D eigenvalue weighted by Gasteiger charge is -2.25. The van der Waals surface area contributed by atoms with Crippen LogP contribution in [0.5, 0.6) is 0 Å². The molecule has 0 amide bonds. The molecular weight excluding hydrogens is 176 g/mol. The molecule has 2 unspecified atom stereocenters. The fourth-order valence-corrected chi connectivity index (χ4v) is 1.46. The molecule has 0 saturated heterocycles. The number of methoxy groups -OCH3 is 1. The van der Waals surface area contributed by atoms with Crippen molar-refractivity contribution < 1.29 is 4.74 Å². The fourth-order valence-electron chi connectivity index (χ4n) is 1.46. The van der Waals surface area contributed by atoms with Crippen molar-refractivity contribution in [2.24, 2.45) is 11.7 Å². The van der Waals surface area contributed by atoms with Crippen LogP contribution in [0.3, 0.4) is 0 Å². The predicted octanol–water partition coefficient (Wildman–Crippen LogP) is 1.33. The van der Waals surface area contributed by atoms with Gasteiger partial charge in [0.2, 0.25) is 0 Å². The average molecular weight is 202 g/mol. The Bertz CT molecular complexity index is 126. The van der Waals surface area contributed by atoms with Gasteiger partial charge >= 0.3 is 0 Å². The number of nitrogens with two attached hydrogens (primary N) is 1. The Labute approximate surface area is 88.6 Å². The van der Waals surface area contributed by atoms with Crippen molar-refractivity contribution in [1.82, 2.24) is 4.90 Å². The summed E-state index contributed by atoms with van der Waals surface area (Å²) in [6, 6.07) is 0.496. The van der Waals surface area contributed by atoms with Gasteiger partial charge in [-0.3, -0.25) is 0 Å². The van der Waals surface area contributed by atoms with E-state index >= 15 is 0 Å². The zero-order valence-electron chi connectivity index (χ0n) is 10.1. The van der Waals surface area contributed by atoms with E-state index in [2.05, 4.69) is 25.8 Å². The molecule has 3 heteroatoms. The second-order valence-electron chi connectivity index (χ2n) is 4.08. The van der Waals surface area contributed by atoms with Crippen LogP contribution in [0.2, 0.25) is 0 Å². The third-order valence-electron chi connectivity index (χ3n) is 2.96. The van der Waals surface area contributed by atoms with Gasteiger partial charge in [-0.2, -0.15) is 0 Å². The Morgan fingerprint density at radius 3 is 2.50 bits per heavy atom. The first-order valence-corrected chi connectivity index (χ1v) is 5.54. The topological polar surface area (TPSA) is 38.5 Å². The van der Waals surface area contributed by atoms with E-state index in [1.165, 1.54) is 12.8 Å². The molecule has 3 nitrogen and oxygen atoms in total. The number of hydrogen-bond acceptors (Lipinski definition) is 3. The maximum absolute atomic E-state index is 5.66. The summed E-state index contributed by atoms with van der Waals surface area (Å²) in [4.78, 5) is 2.34. The molecule has 0 aromatic heterocycles. The monoisotopic (exact) mass is 202 g/mol. The minimum atomic E-state index is 0.496. The Morgan fingerprint density at radius 2 is 2.07 bits per heavy atom. The lowest BCUT2D eigenvalue weighted by molar-refractivity contribution is 0.112. The molecule has 0 aromatic rings. The minimum Gasteiger partial charge on any atom is -0.383 e. The molecule has 86 valence electrons. The third-order valence-corrected chi connectivity index (χ3v) is 2.96. The van der Waals surface area contributed by atoms with Gasteiger partial charge in [0.25, 0.3) is 0 Å². The van der Waals surface area contributed by atoms with E-state index in [1.54, 1.807) is 7.11 Å². The van der Waals surface area contributed by atoms with E-state index in [0.29, 0.717) is 12.0 Å². The predicted molar refractivity (Wildman–Crippen MR) is 61.4 cm³/mol. The second kappa shape index (κ2) is 8.21. The number of ether oxygens (including phenoxy) is 1. The van der Waals surface area contributed by atoms with Crippen molar-refractivity contribution in [3.05, 3.63) is 0 Å². The summed E-state index contributed by atoms with van der Waals surface area (Å²) < 4.78 is 5.12. The van der Waals surface area contributed by atoms with Crippen LogP contribution < -0.4 is 5.73 Å². The summed E-state index contributed by atoms with van der Waals surface area (Å²) in [5, 5.41) is 0. The number of hydrogen-bond donors (Lipinski definition) is 1. The summed E-state index contributed by atoms with van der Waals surface area (Å²) in [5.74, 6) is 0.673. The molecule has 2 atom stereocenters. The Balaban J connectivity index is 3.65. The maximum atomic E-state index is 5.66. The summed E-state index contributed by atoms with van der Waals surface area (Å²) in [6.45, 7) is 7.11. The molecule has 0 heterocycles. The average Bonchev–Trinajstić information content (AvgIpc) is 2.19. The van der Waals surface area contributed by atoms with Crippen molar-refractivity contribution in [1.29, 1.82) is 0 Å². The third kappa shape index (κ3) is 5.58. The SMILES string of the molecule is CCC(CN)CCN(C)C(C)COC. The molecule has 0 saturated carbocycles. The lowest BCUT2D eigenvalue weighted by Crippen LogP contribution is -2.34. The van der Waals surface area contributed by atoms with Crippen LogP contribution in [0.25, 0.3) is 0 Å². The highest BCUT2D eigenvalue weighted by atomic mass is 16.5. The molecule has 0 aliphatic carbocycles. The Kier molecular flexibility index (Phi) is 8.14. The molecule has 14 heavy (non-hydrogen) atoms. The maximum Gasteiger partial charge on any atom is 0.0615 e. The van der Waals surface area contributed by atoms with Gasteiger partial charge in [-0.1, -0.05) is 13.3 Å². The van der Waals surface area contributed by atoms with Crippen LogP contribution in [-0.4, -0.2) is 44.8 Å². The summed E-state index contributed by atoms with van der Waals surface area (Å²) in [6.07, 6.45) is 2.38. The van der Waals surface area contributed by atoms with Crippen molar-refractivity contribution in [3.8, 4) is 0 Å². The van der Waals surface area contributed by atoms with Crippen LogP contribution in [-0.2, 0) is 4.74 Å². The summed E-state index contributed by atoms with van der Waals surface area (Å²) in [5.41, 5.74) is 5.66. The van der Waals surface area contributed by atoms with Crippen LogP contribution in [0.1, 0.15) is 26.7 Å². The number of likely N-dealkylation sites (N-methyl/N-ethyl adjacent to an activating group) is 1. The summed E-state index contributed by atoms with van der Waals surface area (Å²) in [7, 11) is 3.89. The Morgan fingerprint density at radius 1 is 1.43 bits per heavy atom. The van der Waals surface area contributed by atoms with Gasteiger partial charge in [-0.15, -0.1) is 0 Å². The van der Waals surface area contributed by atoms with Gasteiger partial charge in [0.05, 0.1) is 6.61 Å². The fraction of sp³-hybridized carbons (Fsp3) is 1.00. The number of rotatable bonds is 8. The lowest BCUT2D eigenvalue weighted by atomic mass is 10.0. The molecule has 2 N–H and O–H groups in total. The van der Waals surface area contributed by atoms with Gasteiger partial charge in [0.1, 0.15) is 0 Å². The van der Waals surface area contributed by atoms with Crippen molar-refractivity contribution in [3.63, 3.8) is 0 Å². The minimum absolute atomic E-state index is 0.496. The largest absolute Gasteiger partial charge is 0.383 e. The van der Waals surface area contributed by atoms with Crippen molar-refractivity contribution >= 4 is 0 Å². The summed E-state index contributed by atoms with van der Waals surface area (Å²) >= 11 is 0. The van der Waals surface area contributed by atoms with Crippen LogP contribution in [0, 0.1) is 5.92 Å². The second-order valence-corrected chi connectivity index (χ2v) is 4.08. The van der Waals surface area contributed by atoms with Crippen LogP contribution in [0.4, 0.5) is 0 Å². The van der Waals surface area contributed by atoms with E-state index in [4.69, 9.17) is 10.5 Å². The first-order valence-electron chi connectivity index (χ1n) is 5.54. The smallest absolute Gasteiger partial charge is 0.0615 e.